The number of rotatable bonds is 9. The van der Waals surface area contributed by atoms with E-state index in [-0.39, 0.29) is 39.8 Å². The number of carbonyl (C=O) groups is 1. The van der Waals surface area contributed by atoms with Crippen LogP contribution in [0.3, 0.4) is 0 Å². The summed E-state index contributed by atoms with van der Waals surface area (Å²) in [4.78, 5) is 24.2. The molecule has 1 amide bonds. The Morgan fingerprint density at radius 3 is 2.19 bits per heavy atom. The Morgan fingerprint density at radius 1 is 0.919 bits per heavy atom. The quantitative estimate of drug-likeness (QED) is 0.239. The molecule has 0 spiro atoms. The first-order valence-corrected chi connectivity index (χ1v) is 12.6. The van der Waals surface area contributed by atoms with E-state index in [1.807, 2.05) is 6.07 Å². The second-order valence-corrected chi connectivity index (χ2v) is 9.79. The molecule has 0 unspecified atom stereocenters. The number of amides is 1. The summed E-state index contributed by atoms with van der Waals surface area (Å²) >= 11 is 0. The molecule has 1 N–H and O–H groups in total. The van der Waals surface area contributed by atoms with E-state index >= 15 is 0 Å². The van der Waals surface area contributed by atoms with Gasteiger partial charge in [-0.15, -0.1) is 0 Å². The fourth-order valence-corrected chi connectivity index (χ4v) is 5.24. The Labute approximate surface area is 214 Å². The Bertz CT molecular complexity index is 1530. The third-order valence-corrected chi connectivity index (χ3v) is 7.33. The predicted octanol–water partition coefficient (Wildman–Crippen LogP) is 5.25. The van der Waals surface area contributed by atoms with Gasteiger partial charge in [-0.05, 0) is 35.9 Å². The standard InChI is InChI=1S/C27H23N3O6S/c1-36-26-17-16-21(30(32)33)18-24(26)28-27(31)23-14-8-9-15-25(23)29(19-20-10-4-2-5-11-20)37(34,35)22-12-6-3-7-13-22/h2-18H,19H2,1H3,(H,28,31). The number of benzene rings is 4. The molecule has 0 aromatic heterocycles. The topological polar surface area (TPSA) is 119 Å². The fourth-order valence-electron chi connectivity index (χ4n) is 3.75. The minimum Gasteiger partial charge on any atom is -0.495 e. The molecule has 9 nitrogen and oxygen atoms in total. The predicted molar refractivity (Wildman–Crippen MR) is 140 cm³/mol. The normalized spacial score (nSPS) is 10.9. The summed E-state index contributed by atoms with van der Waals surface area (Å²) in [5.74, 6) is -0.440. The van der Waals surface area contributed by atoms with Crippen molar-refractivity contribution in [2.24, 2.45) is 0 Å². The number of ether oxygens (including phenoxy) is 1. The van der Waals surface area contributed by atoms with E-state index in [2.05, 4.69) is 5.32 Å². The van der Waals surface area contributed by atoms with Gasteiger partial charge in [0.2, 0.25) is 0 Å². The number of hydrogen-bond donors (Lipinski definition) is 1. The third kappa shape index (κ3) is 5.60. The Morgan fingerprint density at radius 2 is 1.54 bits per heavy atom. The maximum atomic E-state index is 13.8. The van der Waals surface area contributed by atoms with Crippen LogP contribution in [-0.2, 0) is 16.6 Å². The van der Waals surface area contributed by atoms with Crippen LogP contribution in [0, 0.1) is 10.1 Å². The summed E-state index contributed by atoms with van der Waals surface area (Å²) in [6.45, 7) is -0.0253. The molecule has 10 heteroatoms. The molecule has 0 aliphatic carbocycles. The highest BCUT2D eigenvalue weighted by atomic mass is 32.2. The van der Waals surface area contributed by atoms with E-state index in [9.17, 15) is 23.3 Å². The van der Waals surface area contributed by atoms with Crippen molar-refractivity contribution in [3.63, 3.8) is 0 Å². The van der Waals surface area contributed by atoms with Crippen molar-refractivity contribution in [2.45, 2.75) is 11.4 Å². The van der Waals surface area contributed by atoms with Gasteiger partial charge in [0.15, 0.2) is 0 Å². The average Bonchev–Trinajstić information content (AvgIpc) is 2.92. The Balaban J connectivity index is 1.79. The number of carbonyl (C=O) groups excluding carboxylic acids is 1. The first-order valence-electron chi connectivity index (χ1n) is 11.2. The number of hydrogen-bond acceptors (Lipinski definition) is 6. The van der Waals surface area contributed by atoms with Gasteiger partial charge < -0.3 is 10.1 Å². The zero-order valence-electron chi connectivity index (χ0n) is 19.8. The lowest BCUT2D eigenvalue weighted by Crippen LogP contribution is -2.32. The molecule has 188 valence electrons. The highest BCUT2D eigenvalue weighted by Crippen LogP contribution is 2.32. The molecule has 37 heavy (non-hydrogen) atoms. The van der Waals surface area contributed by atoms with E-state index in [1.54, 1.807) is 60.7 Å². The molecule has 4 rings (SSSR count). The highest BCUT2D eigenvalue weighted by Gasteiger charge is 2.29. The molecular formula is C27H23N3O6S. The van der Waals surface area contributed by atoms with Crippen LogP contribution in [0.1, 0.15) is 15.9 Å². The number of non-ortho nitro benzene ring substituents is 1. The molecule has 0 atom stereocenters. The van der Waals surface area contributed by atoms with Gasteiger partial charge in [-0.1, -0.05) is 60.7 Å². The number of sulfonamides is 1. The summed E-state index contributed by atoms with van der Waals surface area (Å²) in [6.07, 6.45) is 0. The van der Waals surface area contributed by atoms with Crippen LogP contribution < -0.4 is 14.4 Å². The van der Waals surface area contributed by atoms with Crippen LogP contribution in [0.2, 0.25) is 0 Å². The van der Waals surface area contributed by atoms with Crippen molar-refractivity contribution < 1.29 is 22.9 Å². The lowest BCUT2D eigenvalue weighted by Gasteiger charge is -2.26. The van der Waals surface area contributed by atoms with Gasteiger partial charge in [-0.2, -0.15) is 0 Å². The lowest BCUT2D eigenvalue weighted by atomic mass is 10.1. The molecule has 0 radical (unpaired) electrons. The molecule has 4 aromatic carbocycles. The summed E-state index contributed by atoms with van der Waals surface area (Å²) in [5.41, 5.74) is 0.778. The average molecular weight is 518 g/mol. The van der Waals surface area contributed by atoms with Gasteiger partial charge in [0.1, 0.15) is 5.75 Å². The minimum absolute atomic E-state index is 0.0253. The molecule has 0 saturated carbocycles. The minimum atomic E-state index is -4.07. The first kappa shape index (κ1) is 25.4. The highest BCUT2D eigenvalue weighted by molar-refractivity contribution is 7.92. The second kappa shape index (κ2) is 10.9. The molecule has 0 aliphatic heterocycles. The van der Waals surface area contributed by atoms with E-state index < -0.39 is 20.9 Å². The van der Waals surface area contributed by atoms with Crippen LogP contribution in [0.15, 0.2) is 108 Å². The van der Waals surface area contributed by atoms with Crippen molar-refractivity contribution in [3.8, 4) is 5.75 Å². The summed E-state index contributed by atoms with van der Waals surface area (Å²) in [5, 5.41) is 13.9. The van der Waals surface area contributed by atoms with E-state index in [1.165, 1.54) is 47.8 Å². The number of anilines is 2. The second-order valence-electron chi connectivity index (χ2n) is 7.92. The molecule has 0 aliphatic rings. The van der Waals surface area contributed by atoms with Gasteiger partial charge >= 0.3 is 0 Å². The zero-order valence-corrected chi connectivity index (χ0v) is 20.6. The van der Waals surface area contributed by atoms with Crippen LogP contribution in [0.4, 0.5) is 17.1 Å². The monoisotopic (exact) mass is 517 g/mol. The van der Waals surface area contributed by atoms with Crippen LogP contribution in [0.25, 0.3) is 0 Å². The smallest absolute Gasteiger partial charge is 0.271 e. The molecule has 0 bridgehead atoms. The lowest BCUT2D eigenvalue weighted by molar-refractivity contribution is -0.384. The number of nitro benzene ring substituents is 1. The number of methoxy groups -OCH3 is 1. The van der Waals surface area contributed by atoms with Gasteiger partial charge in [0, 0.05) is 12.1 Å². The number of nitro groups is 1. The maximum Gasteiger partial charge on any atom is 0.271 e. The fraction of sp³-hybridized carbons (Fsp3) is 0.0741. The summed E-state index contributed by atoms with van der Waals surface area (Å²) in [6, 6.07) is 27.1. The first-order chi connectivity index (χ1) is 17.8. The zero-order chi connectivity index (χ0) is 26.4. The van der Waals surface area contributed by atoms with E-state index in [0.29, 0.717) is 0 Å². The van der Waals surface area contributed by atoms with Crippen molar-refractivity contribution in [1.29, 1.82) is 0 Å². The van der Waals surface area contributed by atoms with Gasteiger partial charge in [-0.3, -0.25) is 19.2 Å². The molecule has 0 fully saturated rings. The molecular weight excluding hydrogens is 494 g/mol. The third-order valence-electron chi connectivity index (χ3n) is 5.56. The van der Waals surface area contributed by atoms with Crippen LogP contribution >= 0.6 is 0 Å². The largest absolute Gasteiger partial charge is 0.495 e. The molecule has 0 heterocycles. The summed E-state index contributed by atoms with van der Waals surface area (Å²) in [7, 11) is -2.70. The van der Waals surface area contributed by atoms with E-state index in [0.717, 1.165) is 5.56 Å². The van der Waals surface area contributed by atoms with Crippen molar-refractivity contribution in [1.82, 2.24) is 0 Å². The van der Waals surface area contributed by atoms with Crippen molar-refractivity contribution in [2.75, 3.05) is 16.7 Å². The van der Waals surface area contributed by atoms with Gasteiger partial charge in [-0.25, -0.2) is 8.42 Å². The number of nitrogens with zero attached hydrogens (tertiary/aromatic N) is 2. The van der Waals surface area contributed by atoms with Crippen LogP contribution in [0.5, 0.6) is 5.75 Å². The Hall–Kier alpha value is -4.70. The van der Waals surface area contributed by atoms with Gasteiger partial charge in [0.25, 0.3) is 21.6 Å². The van der Waals surface area contributed by atoms with Crippen molar-refractivity contribution in [3.05, 3.63) is 124 Å². The molecule has 0 saturated heterocycles. The number of nitrogens with one attached hydrogen (secondary N) is 1. The van der Waals surface area contributed by atoms with Gasteiger partial charge in [0.05, 0.1) is 40.4 Å². The van der Waals surface area contributed by atoms with E-state index in [4.69, 9.17) is 4.74 Å². The Kier molecular flexibility index (Phi) is 7.49. The summed E-state index contributed by atoms with van der Waals surface area (Å²) < 4.78 is 34.0. The van der Waals surface area contributed by atoms with Crippen LogP contribution in [-0.4, -0.2) is 26.4 Å². The maximum absolute atomic E-state index is 13.8. The van der Waals surface area contributed by atoms with Crippen molar-refractivity contribution >= 4 is 33.0 Å². The molecule has 4 aromatic rings. The SMILES string of the molecule is COc1ccc([N+](=O)[O-])cc1NC(=O)c1ccccc1N(Cc1ccccc1)S(=O)(=O)c1ccccc1. The number of para-hydroxylation sites is 1.